The van der Waals surface area contributed by atoms with Gasteiger partial charge >= 0.3 is 5.97 Å². The molecule has 114 valence electrons. The van der Waals surface area contributed by atoms with Crippen LogP contribution in [0.4, 0.5) is 5.82 Å². The molecule has 1 aromatic heterocycles. The summed E-state index contributed by atoms with van der Waals surface area (Å²) < 4.78 is 0. The van der Waals surface area contributed by atoms with Crippen LogP contribution >= 0.6 is 0 Å². The maximum absolute atomic E-state index is 11.6. The van der Waals surface area contributed by atoms with Gasteiger partial charge in [-0.3, -0.25) is 0 Å². The summed E-state index contributed by atoms with van der Waals surface area (Å²) in [6, 6.07) is 1.89. The van der Waals surface area contributed by atoms with Crippen LogP contribution in [-0.2, 0) is 12.8 Å². The van der Waals surface area contributed by atoms with Crippen LogP contribution in [0.5, 0.6) is 0 Å². The minimum atomic E-state index is -0.840. The van der Waals surface area contributed by atoms with E-state index in [1.165, 1.54) is 25.7 Å². The van der Waals surface area contributed by atoms with Crippen molar-refractivity contribution in [2.24, 2.45) is 0 Å². The van der Waals surface area contributed by atoms with Gasteiger partial charge in [-0.25, -0.2) is 9.78 Å². The Balaban J connectivity index is 1.96. The zero-order valence-electron chi connectivity index (χ0n) is 12.6. The third-order valence-electron chi connectivity index (χ3n) is 4.67. The lowest BCUT2D eigenvalue weighted by Gasteiger charge is -2.28. The van der Waals surface area contributed by atoms with E-state index in [9.17, 15) is 9.90 Å². The number of carboxylic acids is 1. The summed E-state index contributed by atoms with van der Waals surface area (Å²) in [6.07, 6.45) is 10.3. The van der Waals surface area contributed by atoms with E-state index in [0.29, 0.717) is 11.4 Å². The van der Waals surface area contributed by atoms with E-state index >= 15 is 0 Å². The van der Waals surface area contributed by atoms with E-state index in [4.69, 9.17) is 4.98 Å². The summed E-state index contributed by atoms with van der Waals surface area (Å²) in [6.45, 7) is 1.87. The number of fused-ring (bicyclic) bond motifs is 1. The lowest BCUT2D eigenvalue weighted by Crippen LogP contribution is -2.30. The molecule has 21 heavy (non-hydrogen) atoms. The van der Waals surface area contributed by atoms with Gasteiger partial charge in [-0.1, -0.05) is 19.3 Å². The number of carboxylic acid groups (broad SMARTS) is 1. The molecular formula is C17H24N2O2. The first kappa shape index (κ1) is 14.4. The highest BCUT2D eigenvalue weighted by Crippen LogP contribution is 2.28. The van der Waals surface area contributed by atoms with Crippen LogP contribution in [0, 0.1) is 0 Å². The van der Waals surface area contributed by atoms with Crippen LogP contribution < -0.4 is 4.90 Å². The van der Waals surface area contributed by atoms with Gasteiger partial charge in [0.25, 0.3) is 0 Å². The molecule has 1 saturated heterocycles. The second-order valence-corrected chi connectivity index (χ2v) is 6.23. The SMILES string of the molecule is O=C(O)c1cc2c(nc1N1CCCCCCC1)CCCC2. The molecular weight excluding hydrogens is 264 g/mol. The van der Waals surface area contributed by atoms with Crippen molar-refractivity contribution in [1.82, 2.24) is 4.98 Å². The Bertz CT molecular complexity index is 520. The first-order valence-corrected chi connectivity index (χ1v) is 8.27. The first-order chi connectivity index (χ1) is 10.3. The van der Waals surface area contributed by atoms with Gasteiger partial charge in [0.2, 0.25) is 0 Å². The number of nitrogens with zero attached hydrogens (tertiary/aromatic N) is 2. The maximum atomic E-state index is 11.6. The summed E-state index contributed by atoms with van der Waals surface area (Å²) in [5.74, 6) is -0.127. The molecule has 0 atom stereocenters. The third-order valence-corrected chi connectivity index (χ3v) is 4.67. The van der Waals surface area contributed by atoms with Gasteiger partial charge in [0.05, 0.1) is 0 Å². The third kappa shape index (κ3) is 3.20. The van der Waals surface area contributed by atoms with Gasteiger partial charge < -0.3 is 10.0 Å². The highest BCUT2D eigenvalue weighted by molar-refractivity contribution is 5.93. The Morgan fingerprint density at radius 3 is 2.38 bits per heavy atom. The van der Waals surface area contributed by atoms with Crippen molar-refractivity contribution in [3.05, 3.63) is 22.9 Å². The monoisotopic (exact) mass is 288 g/mol. The summed E-state index contributed by atoms with van der Waals surface area (Å²) in [5.41, 5.74) is 2.67. The van der Waals surface area contributed by atoms with Crippen LogP contribution in [0.25, 0.3) is 0 Å². The van der Waals surface area contributed by atoms with Gasteiger partial charge in [-0.05, 0) is 50.2 Å². The number of aromatic carboxylic acids is 1. The zero-order chi connectivity index (χ0) is 14.7. The molecule has 1 aliphatic heterocycles. The summed E-state index contributed by atoms with van der Waals surface area (Å²) in [5, 5.41) is 9.56. The smallest absolute Gasteiger partial charge is 0.339 e. The molecule has 0 unspecified atom stereocenters. The molecule has 0 bridgehead atoms. The molecule has 2 aliphatic rings. The summed E-state index contributed by atoms with van der Waals surface area (Å²) >= 11 is 0. The molecule has 0 spiro atoms. The number of aryl methyl sites for hydroxylation is 2. The fraction of sp³-hybridized carbons (Fsp3) is 0.647. The van der Waals surface area contributed by atoms with Crippen molar-refractivity contribution >= 4 is 11.8 Å². The van der Waals surface area contributed by atoms with Crippen LogP contribution in [0.15, 0.2) is 6.07 Å². The van der Waals surface area contributed by atoms with Crippen LogP contribution in [0.1, 0.15) is 66.6 Å². The number of hydrogen-bond acceptors (Lipinski definition) is 3. The molecule has 0 aromatic carbocycles. The number of anilines is 1. The van der Waals surface area contributed by atoms with Crippen LogP contribution in [0.3, 0.4) is 0 Å². The molecule has 1 fully saturated rings. The minimum absolute atomic E-state index is 0.399. The molecule has 3 rings (SSSR count). The molecule has 0 amide bonds. The van der Waals surface area contributed by atoms with Crippen molar-refractivity contribution in [3.8, 4) is 0 Å². The lowest BCUT2D eigenvalue weighted by molar-refractivity contribution is 0.0697. The van der Waals surface area contributed by atoms with Gasteiger partial charge in [0, 0.05) is 18.8 Å². The molecule has 0 saturated carbocycles. The average molecular weight is 288 g/mol. The zero-order valence-corrected chi connectivity index (χ0v) is 12.6. The Kier molecular flexibility index (Phi) is 4.42. The Morgan fingerprint density at radius 2 is 1.67 bits per heavy atom. The predicted octanol–water partition coefficient (Wildman–Crippen LogP) is 3.43. The molecule has 1 aliphatic carbocycles. The van der Waals surface area contributed by atoms with E-state index in [-0.39, 0.29) is 0 Å². The number of carbonyl (C=O) groups is 1. The van der Waals surface area contributed by atoms with E-state index in [0.717, 1.165) is 56.5 Å². The fourth-order valence-electron chi connectivity index (χ4n) is 3.48. The molecule has 2 heterocycles. The van der Waals surface area contributed by atoms with Crippen molar-refractivity contribution in [2.45, 2.75) is 57.8 Å². The second-order valence-electron chi connectivity index (χ2n) is 6.23. The van der Waals surface area contributed by atoms with Gasteiger partial charge in [-0.15, -0.1) is 0 Å². The van der Waals surface area contributed by atoms with E-state index in [1.807, 2.05) is 6.07 Å². The van der Waals surface area contributed by atoms with E-state index in [2.05, 4.69) is 4.90 Å². The molecule has 4 nitrogen and oxygen atoms in total. The van der Waals surface area contributed by atoms with Crippen molar-refractivity contribution in [1.29, 1.82) is 0 Å². The quantitative estimate of drug-likeness (QED) is 0.906. The normalized spacial score (nSPS) is 19.5. The van der Waals surface area contributed by atoms with Crippen LogP contribution in [0.2, 0.25) is 0 Å². The van der Waals surface area contributed by atoms with Crippen molar-refractivity contribution < 1.29 is 9.90 Å². The van der Waals surface area contributed by atoms with Crippen molar-refractivity contribution in [2.75, 3.05) is 18.0 Å². The van der Waals surface area contributed by atoms with Gasteiger partial charge in [0.15, 0.2) is 0 Å². The Hall–Kier alpha value is -1.58. The largest absolute Gasteiger partial charge is 0.478 e. The molecule has 1 N–H and O–H groups in total. The highest BCUT2D eigenvalue weighted by Gasteiger charge is 2.22. The molecule has 1 aromatic rings. The Morgan fingerprint density at radius 1 is 1.00 bits per heavy atom. The number of pyridine rings is 1. The maximum Gasteiger partial charge on any atom is 0.339 e. The van der Waals surface area contributed by atoms with Gasteiger partial charge in [-0.2, -0.15) is 0 Å². The predicted molar refractivity (Wildman–Crippen MR) is 83.1 cm³/mol. The molecule has 4 heteroatoms. The fourth-order valence-corrected chi connectivity index (χ4v) is 3.48. The number of hydrogen-bond donors (Lipinski definition) is 1. The molecule has 0 radical (unpaired) electrons. The topological polar surface area (TPSA) is 53.4 Å². The van der Waals surface area contributed by atoms with E-state index < -0.39 is 5.97 Å². The summed E-state index contributed by atoms with van der Waals surface area (Å²) in [4.78, 5) is 18.6. The lowest BCUT2D eigenvalue weighted by atomic mass is 9.94. The average Bonchev–Trinajstić information content (AvgIpc) is 2.45. The Labute approximate surface area is 126 Å². The first-order valence-electron chi connectivity index (χ1n) is 8.27. The van der Waals surface area contributed by atoms with E-state index in [1.54, 1.807) is 0 Å². The van der Waals surface area contributed by atoms with Gasteiger partial charge in [0.1, 0.15) is 11.4 Å². The number of rotatable bonds is 2. The second kappa shape index (κ2) is 6.46. The highest BCUT2D eigenvalue weighted by atomic mass is 16.4. The van der Waals surface area contributed by atoms with Crippen molar-refractivity contribution in [3.63, 3.8) is 0 Å². The van der Waals surface area contributed by atoms with Crippen LogP contribution in [-0.4, -0.2) is 29.1 Å². The minimum Gasteiger partial charge on any atom is -0.478 e. The standard InChI is InChI=1S/C17H24N2O2/c20-17(21)14-12-13-8-4-5-9-15(13)18-16(14)19-10-6-2-1-3-7-11-19/h12H,1-11H2,(H,20,21). The summed E-state index contributed by atoms with van der Waals surface area (Å²) in [7, 11) is 0. The number of aromatic nitrogens is 1.